The van der Waals surface area contributed by atoms with E-state index in [4.69, 9.17) is 5.10 Å². The Morgan fingerprint density at radius 2 is 1.74 bits per heavy atom. The molecule has 0 unspecified atom stereocenters. The van der Waals surface area contributed by atoms with Gasteiger partial charge >= 0.3 is 0 Å². The van der Waals surface area contributed by atoms with Crippen LogP contribution in [0.2, 0.25) is 0 Å². The van der Waals surface area contributed by atoms with Crippen molar-refractivity contribution in [1.29, 1.82) is 0 Å². The predicted molar refractivity (Wildman–Crippen MR) is 120 cm³/mol. The van der Waals surface area contributed by atoms with E-state index in [1.165, 1.54) is 5.56 Å². The zero-order chi connectivity index (χ0) is 20.9. The van der Waals surface area contributed by atoms with Crippen LogP contribution in [0.15, 0.2) is 79.1 Å². The van der Waals surface area contributed by atoms with Crippen molar-refractivity contribution in [3.8, 4) is 11.5 Å². The predicted octanol–water partition coefficient (Wildman–Crippen LogP) is 4.61. The minimum absolute atomic E-state index is 0.00505. The number of H-pyrrole nitrogens is 1. The summed E-state index contributed by atoms with van der Waals surface area (Å²) in [5.74, 6) is 0.977. The minimum atomic E-state index is -0.00505. The summed E-state index contributed by atoms with van der Waals surface area (Å²) in [5, 5.41) is 5.95. The number of aromatic amines is 1. The summed E-state index contributed by atoms with van der Waals surface area (Å²) >= 11 is 0. The second-order valence-corrected chi connectivity index (χ2v) is 8.02. The van der Waals surface area contributed by atoms with Crippen molar-refractivity contribution in [1.82, 2.24) is 24.2 Å². The Morgan fingerprint density at radius 3 is 2.52 bits per heavy atom. The molecule has 0 saturated carbocycles. The molecule has 0 aliphatic carbocycles. The van der Waals surface area contributed by atoms with E-state index < -0.39 is 0 Å². The van der Waals surface area contributed by atoms with Crippen molar-refractivity contribution in [2.45, 2.75) is 20.0 Å². The van der Waals surface area contributed by atoms with Crippen LogP contribution in [0.3, 0.4) is 0 Å². The molecule has 0 radical (unpaired) electrons. The number of amides is 1. The molecular formula is C25H21N5O. The van der Waals surface area contributed by atoms with Crippen LogP contribution in [-0.4, -0.2) is 30.1 Å². The Kier molecular flexibility index (Phi) is 3.86. The number of fused-ring (bicyclic) bond motifs is 2. The SMILES string of the molecule is Cc1ccc(-n2nc3c(c2-n2cccc2)CN(C(=O)c2cc4ccccc4[nH]2)C3)cc1. The smallest absolute Gasteiger partial charge is 0.270 e. The highest BCUT2D eigenvalue weighted by Crippen LogP contribution is 2.31. The van der Waals surface area contributed by atoms with E-state index >= 15 is 0 Å². The number of benzene rings is 2. The third-order valence-corrected chi connectivity index (χ3v) is 5.90. The van der Waals surface area contributed by atoms with Gasteiger partial charge in [0.2, 0.25) is 0 Å². The minimum Gasteiger partial charge on any atom is -0.351 e. The standard InChI is InChI=1S/C25H21N5O/c1-17-8-10-19(11-9-17)30-24(28-12-4-5-13-28)20-15-29(16-23(20)27-30)25(31)22-14-18-6-2-3-7-21(18)26-22/h2-14,26H,15-16H2,1H3. The quantitative estimate of drug-likeness (QED) is 0.475. The summed E-state index contributed by atoms with van der Waals surface area (Å²) < 4.78 is 4.05. The van der Waals surface area contributed by atoms with Gasteiger partial charge in [0.1, 0.15) is 11.5 Å². The first-order valence-electron chi connectivity index (χ1n) is 10.4. The monoisotopic (exact) mass is 407 g/mol. The normalized spacial score (nSPS) is 13.1. The Balaban J connectivity index is 1.38. The van der Waals surface area contributed by atoms with Crippen LogP contribution < -0.4 is 0 Å². The van der Waals surface area contributed by atoms with Crippen molar-refractivity contribution < 1.29 is 4.79 Å². The molecule has 1 amide bonds. The van der Waals surface area contributed by atoms with Gasteiger partial charge in [-0.1, -0.05) is 35.9 Å². The summed E-state index contributed by atoms with van der Waals surface area (Å²) in [7, 11) is 0. The van der Waals surface area contributed by atoms with Gasteiger partial charge in [0.15, 0.2) is 0 Å². The molecule has 6 nitrogen and oxygen atoms in total. The average molecular weight is 407 g/mol. The average Bonchev–Trinajstić information content (AvgIpc) is 3.55. The first-order valence-corrected chi connectivity index (χ1v) is 10.4. The number of hydrogen-bond acceptors (Lipinski definition) is 2. The summed E-state index contributed by atoms with van der Waals surface area (Å²) in [6, 6.07) is 22.2. The molecule has 1 N–H and O–H groups in total. The highest BCUT2D eigenvalue weighted by molar-refractivity contribution is 5.98. The lowest BCUT2D eigenvalue weighted by atomic mass is 10.2. The molecule has 6 heteroatoms. The molecule has 3 aromatic heterocycles. The maximum absolute atomic E-state index is 13.2. The van der Waals surface area contributed by atoms with Crippen molar-refractivity contribution >= 4 is 16.8 Å². The van der Waals surface area contributed by atoms with Crippen molar-refractivity contribution in [2.24, 2.45) is 0 Å². The fourth-order valence-electron chi connectivity index (χ4n) is 4.31. The van der Waals surface area contributed by atoms with Gasteiger partial charge in [-0.2, -0.15) is 5.10 Å². The highest BCUT2D eigenvalue weighted by Gasteiger charge is 2.32. The molecule has 0 atom stereocenters. The van der Waals surface area contributed by atoms with E-state index in [2.05, 4.69) is 40.7 Å². The number of nitrogens with zero attached hydrogens (tertiary/aromatic N) is 4. The van der Waals surface area contributed by atoms with Gasteiger partial charge in [-0.3, -0.25) is 4.79 Å². The van der Waals surface area contributed by atoms with Crippen LogP contribution in [0.5, 0.6) is 0 Å². The second-order valence-electron chi connectivity index (χ2n) is 8.02. The van der Waals surface area contributed by atoms with Crippen molar-refractivity contribution in [2.75, 3.05) is 0 Å². The number of aromatic nitrogens is 4. The molecule has 0 bridgehead atoms. The van der Waals surface area contributed by atoms with Crippen LogP contribution in [0, 0.1) is 6.92 Å². The number of aryl methyl sites for hydroxylation is 1. The van der Waals surface area contributed by atoms with E-state index in [1.54, 1.807) is 0 Å². The van der Waals surface area contributed by atoms with Gasteiger partial charge in [-0.15, -0.1) is 0 Å². The molecular weight excluding hydrogens is 386 g/mol. The van der Waals surface area contributed by atoms with E-state index in [9.17, 15) is 4.79 Å². The third kappa shape index (κ3) is 2.87. The number of para-hydroxylation sites is 1. The number of carbonyl (C=O) groups is 1. The van der Waals surface area contributed by atoms with Crippen LogP contribution in [-0.2, 0) is 13.1 Å². The molecule has 31 heavy (non-hydrogen) atoms. The largest absolute Gasteiger partial charge is 0.351 e. The number of hydrogen-bond donors (Lipinski definition) is 1. The van der Waals surface area contributed by atoms with Gasteiger partial charge in [-0.25, -0.2) is 4.68 Å². The summed E-state index contributed by atoms with van der Waals surface area (Å²) in [6.07, 6.45) is 4.04. The van der Waals surface area contributed by atoms with E-state index in [0.717, 1.165) is 33.7 Å². The van der Waals surface area contributed by atoms with Crippen molar-refractivity contribution in [3.05, 3.63) is 102 Å². The lowest BCUT2D eigenvalue weighted by Crippen LogP contribution is -2.26. The Labute approximate surface area is 179 Å². The Morgan fingerprint density at radius 1 is 0.968 bits per heavy atom. The molecule has 2 aromatic carbocycles. The zero-order valence-corrected chi connectivity index (χ0v) is 17.1. The summed E-state index contributed by atoms with van der Waals surface area (Å²) in [5.41, 5.74) is 5.83. The van der Waals surface area contributed by atoms with Gasteiger partial charge < -0.3 is 14.5 Å². The number of nitrogens with one attached hydrogen (secondary N) is 1. The molecule has 6 rings (SSSR count). The Bertz CT molecular complexity index is 1370. The highest BCUT2D eigenvalue weighted by atomic mass is 16.2. The third-order valence-electron chi connectivity index (χ3n) is 5.90. The van der Waals surface area contributed by atoms with E-state index in [-0.39, 0.29) is 5.91 Å². The molecule has 5 aromatic rings. The zero-order valence-electron chi connectivity index (χ0n) is 17.1. The van der Waals surface area contributed by atoms with Gasteiger partial charge in [0, 0.05) is 28.9 Å². The maximum Gasteiger partial charge on any atom is 0.270 e. The fraction of sp³-hybridized carbons (Fsp3) is 0.120. The summed E-state index contributed by atoms with van der Waals surface area (Å²) in [6.45, 7) is 3.10. The van der Waals surface area contributed by atoms with Crippen LogP contribution in [0.4, 0.5) is 0 Å². The van der Waals surface area contributed by atoms with Gasteiger partial charge in [0.25, 0.3) is 5.91 Å². The molecule has 1 aliphatic heterocycles. The maximum atomic E-state index is 13.2. The molecule has 1 aliphatic rings. The molecule has 0 fully saturated rings. The lowest BCUT2D eigenvalue weighted by Gasteiger charge is -2.17. The topological polar surface area (TPSA) is 58.9 Å². The summed E-state index contributed by atoms with van der Waals surface area (Å²) in [4.78, 5) is 18.3. The Hall–Kier alpha value is -4.06. The second kappa shape index (κ2) is 6.74. The van der Waals surface area contributed by atoms with Crippen LogP contribution in [0.25, 0.3) is 22.4 Å². The first kappa shape index (κ1) is 17.8. The number of rotatable bonds is 3. The first-order chi connectivity index (χ1) is 15.2. The van der Waals surface area contributed by atoms with Gasteiger partial charge in [0.05, 0.1) is 24.5 Å². The van der Waals surface area contributed by atoms with Crippen LogP contribution >= 0.6 is 0 Å². The fourth-order valence-corrected chi connectivity index (χ4v) is 4.31. The van der Waals surface area contributed by atoms with Crippen molar-refractivity contribution in [3.63, 3.8) is 0 Å². The molecule has 4 heterocycles. The van der Waals surface area contributed by atoms with E-state index in [1.807, 2.05) is 64.4 Å². The van der Waals surface area contributed by atoms with Gasteiger partial charge in [-0.05, 0) is 43.3 Å². The molecule has 0 spiro atoms. The number of carbonyl (C=O) groups excluding carboxylic acids is 1. The lowest BCUT2D eigenvalue weighted by molar-refractivity contribution is 0.0744. The van der Waals surface area contributed by atoms with Crippen LogP contribution in [0.1, 0.15) is 27.3 Å². The van der Waals surface area contributed by atoms with E-state index in [0.29, 0.717) is 18.8 Å². The molecule has 0 saturated heterocycles. The molecule has 152 valence electrons.